The Morgan fingerprint density at radius 3 is 2.82 bits per heavy atom. The molecule has 1 fully saturated rings. The average Bonchev–Trinajstić information content (AvgIpc) is 2.74. The van der Waals surface area contributed by atoms with Gasteiger partial charge in [-0.3, -0.25) is 0 Å². The van der Waals surface area contributed by atoms with Crippen molar-refractivity contribution in [2.75, 3.05) is 47.0 Å². The van der Waals surface area contributed by atoms with Crippen LogP contribution in [0.3, 0.4) is 0 Å². The SMILES string of the molecule is COCCNCCCCN(C)C1CCOC1C. The lowest BCUT2D eigenvalue weighted by molar-refractivity contribution is 0.0832. The molecular formula is C13H28N2O2. The van der Waals surface area contributed by atoms with Gasteiger partial charge in [0.05, 0.1) is 12.7 Å². The normalized spacial score (nSPS) is 24.7. The third-order valence-electron chi connectivity index (χ3n) is 3.50. The third kappa shape index (κ3) is 5.82. The van der Waals surface area contributed by atoms with Crippen LogP contribution in [-0.4, -0.2) is 64.1 Å². The zero-order valence-corrected chi connectivity index (χ0v) is 11.6. The van der Waals surface area contributed by atoms with E-state index in [1.54, 1.807) is 7.11 Å². The van der Waals surface area contributed by atoms with Gasteiger partial charge in [0.2, 0.25) is 0 Å². The number of hydrogen-bond acceptors (Lipinski definition) is 4. The summed E-state index contributed by atoms with van der Waals surface area (Å²) in [6.07, 6.45) is 4.07. The first-order valence-electron chi connectivity index (χ1n) is 6.77. The van der Waals surface area contributed by atoms with Crippen LogP contribution in [0.4, 0.5) is 0 Å². The fourth-order valence-corrected chi connectivity index (χ4v) is 2.38. The molecule has 0 aromatic heterocycles. The molecule has 1 aliphatic heterocycles. The molecule has 0 spiro atoms. The Hall–Kier alpha value is -0.160. The predicted octanol–water partition coefficient (Wildman–Crippen LogP) is 1.11. The Morgan fingerprint density at radius 1 is 1.35 bits per heavy atom. The molecule has 0 saturated carbocycles. The quantitative estimate of drug-likeness (QED) is 0.616. The monoisotopic (exact) mass is 244 g/mol. The highest BCUT2D eigenvalue weighted by Crippen LogP contribution is 2.18. The summed E-state index contributed by atoms with van der Waals surface area (Å²) < 4.78 is 10.6. The van der Waals surface area contributed by atoms with Crippen molar-refractivity contribution in [3.05, 3.63) is 0 Å². The molecule has 1 aliphatic rings. The summed E-state index contributed by atoms with van der Waals surface area (Å²) in [5.41, 5.74) is 0. The van der Waals surface area contributed by atoms with Gasteiger partial charge in [-0.1, -0.05) is 0 Å². The Balaban J connectivity index is 1.95. The number of ether oxygens (including phenoxy) is 2. The van der Waals surface area contributed by atoms with Crippen molar-refractivity contribution in [3.63, 3.8) is 0 Å². The fraction of sp³-hybridized carbons (Fsp3) is 1.00. The van der Waals surface area contributed by atoms with Crippen LogP contribution in [0.5, 0.6) is 0 Å². The summed E-state index contributed by atoms with van der Waals surface area (Å²) in [4.78, 5) is 2.45. The summed E-state index contributed by atoms with van der Waals surface area (Å²) in [5, 5.41) is 3.37. The first kappa shape index (κ1) is 14.9. The number of hydrogen-bond donors (Lipinski definition) is 1. The van der Waals surface area contributed by atoms with Crippen molar-refractivity contribution < 1.29 is 9.47 Å². The van der Waals surface area contributed by atoms with E-state index in [4.69, 9.17) is 9.47 Å². The first-order chi connectivity index (χ1) is 8.25. The lowest BCUT2D eigenvalue weighted by Gasteiger charge is -2.26. The molecule has 1 saturated heterocycles. The molecule has 0 amide bonds. The molecule has 0 aliphatic carbocycles. The molecule has 1 N–H and O–H groups in total. The minimum Gasteiger partial charge on any atom is -0.383 e. The Bertz CT molecular complexity index is 190. The van der Waals surface area contributed by atoms with E-state index in [9.17, 15) is 0 Å². The molecule has 1 heterocycles. The predicted molar refractivity (Wildman–Crippen MR) is 70.4 cm³/mol. The van der Waals surface area contributed by atoms with Gasteiger partial charge in [-0.25, -0.2) is 0 Å². The van der Waals surface area contributed by atoms with Crippen LogP contribution < -0.4 is 5.32 Å². The second-order valence-electron chi connectivity index (χ2n) is 4.86. The molecule has 2 unspecified atom stereocenters. The maximum absolute atomic E-state index is 5.59. The summed E-state index contributed by atoms with van der Waals surface area (Å²) >= 11 is 0. The van der Waals surface area contributed by atoms with Crippen LogP contribution in [0.25, 0.3) is 0 Å². The van der Waals surface area contributed by atoms with Gasteiger partial charge in [0.1, 0.15) is 0 Å². The van der Waals surface area contributed by atoms with Gasteiger partial charge >= 0.3 is 0 Å². The lowest BCUT2D eigenvalue weighted by atomic mass is 10.1. The van der Waals surface area contributed by atoms with Gasteiger partial charge in [-0.2, -0.15) is 0 Å². The van der Waals surface area contributed by atoms with E-state index >= 15 is 0 Å². The van der Waals surface area contributed by atoms with E-state index in [-0.39, 0.29) is 0 Å². The largest absolute Gasteiger partial charge is 0.383 e. The minimum atomic E-state index is 0.403. The number of rotatable bonds is 9. The van der Waals surface area contributed by atoms with Crippen molar-refractivity contribution >= 4 is 0 Å². The van der Waals surface area contributed by atoms with E-state index in [2.05, 4.69) is 24.2 Å². The zero-order valence-electron chi connectivity index (χ0n) is 11.6. The van der Waals surface area contributed by atoms with Gasteiger partial charge in [-0.05, 0) is 46.3 Å². The summed E-state index contributed by atoms with van der Waals surface area (Å²) in [6.45, 7) is 7.13. The third-order valence-corrected chi connectivity index (χ3v) is 3.50. The van der Waals surface area contributed by atoms with Gasteiger partial charge < -0.3 is 19.7 Å². The minimum absolute atomic E-state index is 0.403. The van der Waals surface area contributed by atoms with E-state index < -0.39 is 0 Å². The topological polar surface area (TPSA) is 33.7 Å². The number of likely N-dealkylation sites (N-methyl/N-ethyl adjacent to an activating group) is 1. The molecule has 0 bridgehead atoms. The standard InChI is InChI=1S/C13H28N2O2/c1-12-13(6-10-17-12)15(2)9-5-4-7-14-8-11-16-3/h12-14H,4-11H2,1-3H3. The molecular weight excluding hydrogens is 216 g/mol. The number of nitrogens with zero attached hydrogens (tertiary/aromatic N) is 1. The first-order valence-corrected chi connectivity index (χ1v) is 6.77. The molecule has 4 heteroatoms. The highest BCUT2D eigenvalue weighted by molar-refractivity contribution is 4.80. The van der Waals surface area contributed by atoms with Crippen LogP contribution in [0, 0.1) is 0 Å². The van der Waals surface area contributed by atoms with Crippen molar-refractivity contribution in [1.82, 2.24) is 10.2 Å². The van der Waals surface area contributed by atoms with Crippen LogP contribution >= 0.6 is 0 Å². The van der Waals surface area contributed by atoms with Crippen LogP contribution in [0.15, 0.2) is 0 Å². The zero-order chi connectivity index (χ0) is 12.5. The van der Waals surface area contributed by atoms with Gasteiger partial charge in [0.15, 0.2) is 0 Å². The summed E-state index contributed by atoms with van der Waals surface area (Å²) in [6, 6.07) is 0.622. The van der Waals surface area contributed by atoms with Gasteiger partial charge in [0, 0.05) is 26.3 Å². The number of methoxy groups -OCH3 is 1. The molecule has 4 nitrogen and oxygen atoms in total. The molecule has 1 rings (SSSR count). The second-order valence-corrected chi connectivity index (χ2v) is 4.86. The van der Waals surface area contributed by atoms with E-state index in [0.717, 1.165) is 26.3 Å². The summed E-state index contributed by atoms with van der Waals surface area (Å²) in [5.74, 6) is 0. The van der Waals surface area contributed by atoms with Crippen LogP contribution in [-0.2, 0) is 9.47 Å². The van der Waals surface area contributed by atoms with Crippen molar-refractivity contribution in [2.24, 2.45) is 0 Å². The van der Waals surface area contributed by atoms with Crippen molar-refractivity contribution in [1.29, 1.82) is 0 Å². The van der Waals surface area contributed by atoms with Gasteiger partial charge in [-0.15, -0.1) is 0 Å². The molecule has 17 heavy (non-hydrogen) atoms. The summed E-state index contributed by atoms with van der Waals surface area (Å²) in [7, 11) is 3.95. The maximum Gasteiger partial charge on any atom is 0.0702 e. The fourth-order valence-electron chi connectivity index (χ4n) is 2.38. The van der Waals surface area contributed by atoms with Crippen molar-refractivity contribution in [3.8, 4) is 0 Å². The van der Waals surface area contributed by atoms with Crippen LogP contribution in [0.1, 0.15) is 26.2 Å². The maximum atomic E-state index is 5.59. The Kier molecular flexibility index (Phi) is 7.77. The second kappa shape index (κ2) is 8.86. The molecule has 0 aromatic rings. The van der Waals surface area contributed by atoms with Crippen molar-refractivity contribution in [2.45, 2.75) is 38.3 Å². The van der Waals surface area contributed by atoms with E-state index in [1.165, 1.54) is 25.8 Å². The molecule has 0 aromatic carbocycles. The average molecular weight is 244 g/mol. The Labute approximate surface area is 106 Å². The highest BCUT2D eigenvalue weighted by Gasteiger charge is 2.27. The Morgan fingerprint density at radius 2 is 2.18 bits per heavy atom. The van der Waals surface area contributed by atoms with Crippen LogP contribution in [0.2, 0.25) is 0 Å². The molecule has 0 radical (unpaired) electrons. The molecule has 2 atom stereocenters. The van der Waals surface area contributed by atoms with E-state index in [1.807, 2.05) is 0 Å². The lowest BCUT2D eigenvalue weighted by Crippen LogP contribution is -2.37. The number of unbranched alkanes of at least 4 members (excludes halogenated alkanes) is 1. The highest BCUT2D eigenvalue weighted by atomic mass is 16.5. The smallest absolute Gasteiger partial charge is 0.0702 e. The number of nitrogens with one attached hydrogen (secondary N) is 1. The van der Waals surface area contributed by atoms with E-state index in [0.29, 0.717) is 12.1 Å². The molecule has 102 valence electrons. The van der Waals surface area contributed by atoms with Gasteiger partial charge in [0.25, 0.3) is 0 Å².